The minimum atomic E-state index is -0.799. The average Bonchev–Trinajstić information content (AvgIpc) is 3.03. The Morgan fingerprint density at radius 3 is 2.30 bits per heavy atom. The van der Waals surface area contributed by atoms with E-state index in [1.165, 1.54) is 18.4 Å². The monoisotopic (exact) mass is 651 g/mol. The van der Waals surface area contributed by atoms with Crippen molar-refractivity contribution in [1.29, 1.82) is 0 Å². The quantitative estimate of drug-likeness (QED) is 0.270. The van der Waals surface area contributed by atoms with Gasteiger partial charge in [0.2, 0.25) is 11.8 Å². The largest absolute Gasteiger partial charge is 0.351 e. The first-order valence-electron chi connectivity index (χ1n) is 17.1. The van der Waals surface area contributed by atoms with Crippen molar-refractivity contribution < 1.29 is 14.4 Å². The van der Waals surface area contributed by atoms with Gasteiger partial charge in [-0.15, -0.1) is 0 Å². The molecule has 2 aromatic rings. The van der Waals surface area contributed by atoms with Crippen LogP contribution < -0.4 is 16.0 Å². The summed E-state index contributed by atoms with van der Waals surface area (Å²) in [7, 11) is 4.38. The summed E-state index contributed by atoms with van der Waals surface area (Å²) in [6.45, 7) is 8.98. The molecule has 0 spiro atoms. The van der Waals surface area contributed by atoms with Gasteiger partial charge in [0.1, 0.15) is 12.1 Å². The number of likely N-dealkylation sites (tertiary alicyclic amines) is 1. The maximum atomic E-state index is 13.6. The van der Waals surface area contributed by atoms with E-state index in [0.717, 1.165) is 57.3 Å². The van der Waals surface area contributed by atoms with Gasteiger partial charge in [-0.05, 0) is 114 Å². The van der Waals surface area contributed by atoms with Crippen molar-refractivity contribution in [3.8, 4) is 0 Å². The van der Waals surface area contributed by atoms with Crippen LogP contribution in [0.1, 0.15) is 93.1 Å². The van der Waals surface area contributed by atoms with Gasteiger partial charge in [-0.25, -0.2) is 0 Å². The summed E-state index contributed by atoms with van der Waals surface area (Å²) in [5.41, 5.74) is 2.82. The van der Waals surface area contributed by atoms with Crippen LogP contribution in [-0.4, -0.2) is 85.4 Å². The zero-order chi connectivity index (χ0) is 33.2. The molecule has 3 N–H and O–H groups in total. The first-order valence-corrected chi connectivity index (χ1v) is 17.5. The highest BCUT2D eigenvalue weighted by Gasteiger charge is 2.32. The molecule has 1 aliphatic heterocycles. The molecule has 8 nitrogen and oxygen atoms in total. The van der Waals surface area contributed by atoms with Crippen LogP contribution in [0.5, 0.6) is 0 Å². The van der Waals surface area contributed by atoms with Crippen LogP contribution in [0.2, 0.25) is 5.02 Å². The van der Waals surface area contributed by atoms with E-state index < -0.39 is 12.1 Å². The normalized spacial score (nSPS) is 20.7. The molecule has 1 heterocycles. The fourth-order valence-electron chi connectivity index (χ4n) is 6.81. The Hall–Kier alpha value is -2.94. The molecule has 46 heavy (non-hydrogen) atoms. The number of nitrogens with one attached hydrogen (secondary N) is 3. The number of hydrogen-bond donors (Lipinski definition) is 3. The zero-order valence-corrected chi connectivity index (χ0v) is 29.1. The fraction of sp³-hybridized carbons (Fsp3) is 0.595. The van der Waals surface area contributed by atoms with E-state index in [2.05, 4.69) is 45.9 Å². The van der Waals surface area contributed by atoms with Crippen molar-refractivity contribution in [2.45, 2.75) is 102 Å². The highest BCUT2D eigenvalue weighted by molar-refractivity contribution is 6.30. The summed E-state index contributed by atoms with van der Waals surface area (Å²) >= 11 is 6.28. The van der Waals surface area contributed by atoms with E-state index in [1.807, 2.05) is 56.3 Å². The smallest absolute Gasteiger partial charge is 0.251 e. The Kier molecular flexibility index (Phi) is 13.5. The van der Waals surface area contributed by atoms with Crippen LogP contribution in [0.4, 0.5) is 0 Å². The SMILES string of the molecule is CC(C)C[C@H](NC(=O)[C@H](C)NC(=O)c1ccc(CCN(C)C2CCN(C)CC2)cc1)C(=O)NC1CCCC[C@H]1c1cccc(Cl)c1. The Morgan fingerprint density at radius 2 is 1.63 bits per heavy atom. The third-order valence-electron chi connectivity index (χ3n) is 9.73. The summed E-state index contributed by atoms with van der Waals surface area (Å²) in [6.07, 6.45) is 7.83. The lowest BCUT2D eigenvalue weighted by Crippen LogP contribution is -2.55. The van der Waals surface area contributed by atoms with Crippen LogP contribution in [-0.2, 0) is 16.0 Å². The van der Waals surface area contributed by atoms with Crippen molar-refractivity contribution in [1.82, 2.24) is 25.8 Å². The molecule has 9 heteroatoms. The van der Waals surface area contributed by atoms with Crippen molar-refractivity contribution in [2.75, 3.05) is 33.7 Å². The first kappa shape index (κ1) is 35.9. The number of piperidine rings is 1. The van der Waals surface area contributed by atoms with E-state index in [9.17, 15) is 14.4 Å². The van der Waals surface area contributed by atoms with Gasteiger partial charge >= 0.3 is 0 Å². The molecule has 1 saturated heterocycles. The van der Waals surface area contributed by atoms with Gasteiger partial charge < -0.3 is 25.8 Å². The van der Waals surface area contributed by atoms with E-state index in [4.69, 9.17) is 11.6 Å². The number of halogens is 1. The van der Waals surface area contributed by atoms with Gasteiger partial charge in [-0.1, -0.05) is 62.6 Å². The van der Waals surface area contributed by atoms with E-state index in [1.54, 1.807) is 6.92 Å². The third kappa shape index (κ3) is 10.5. The van der Waals surface area contributed by atoms with E-state index in [-0.39, 0.29) is 35.6 Å². The number of rotatable bonds is 13. The number of amides is 3. The summed E-state index contributed by atoms with van der Waals surface area (Å²) in [4.78, 5) is 44.7. The van der Waals surface area contributed by atoms with Gasteiger partial charge in [0.15, 0.2) is 0 Å². The second-order valence-corrected chi connectivity index (χ2v) is 14.3. The molecule has 3 amide bonds. The molecule has 252 valence electrons. The molecular formula is C37H54ClN5O3. The maximum Gasteiger partial charge on any atom is 0.251 e. The second kappa shape index (κ2) is 17.3. The molecule has 0 bridgehead atoms. The molecule has 0 radical (unpaired) electrons. The molecule has 2 aromatic carbocycles. The lowest BCUT2D eigenvalue weighted by atomic mass is 9.80. The lowest BCUT2D eigenvalue weighted by molar-refractivity contribution is -0.130. The van der Waals surface area contributed by atoms with Crippen LogP contribution in [0.25, 0.3) is 0 Å². The minimum absolute atomic E-state index is 0.0268. The molecule has 2 aliphatic rings. The predicted octanol–water partition coefficient (Wildman–Crippen LogP) is 5.40. The lowest BCUT2D eigenvalue weighted by Gasteiger charge is -2.35. The molecule has 1 saturated carbocycles. The van der Waals surface area contributed by atoms with Crippen molar-refractivity contribution in [3.05, 3.63) is 70.2 Å². The Morgan fingerprint density at radius 1 is 0.935 bits per heavy atom. The van der Waals surface area contributed by atoms with Crippen LogP contribution in [0.3, 0.4) is 0 Å². The fourth-order valence-corrected chi connectivity index (χ4v) is 7.01. The molecule has 2 fully saturated rings. The van der Waals surface area contributed by atoms with Gasteiger partial charge in [-0.3, -0.25) is 14.4 Å². The molecule has 0 aromatic heterocycles. The predicted molar refractivity (Wildman–Crippen MR) is 186 cm³/mol. The number of hydrogen-bond acceptors (Lipinski definition) is 5. The number of carbonyl (C=O) groups excluding carboxylic acids is 3. The summed E-state index contributed by atoms with van der Waals surface area (Å²) in [6, 6.07) is 14.6. The first-order chi connectivity index (χ1) is 22.0. The van der Waals surface area contributed by atoms with Gasteiger partial charge in [0.05, 0.1) is 0 Å². The van der Waals surface area contributed by atoms with Gasteiger partial charge in [0.25, 0.3) is 5.91 Å². The summed E-state index contributed by atoms with van der Waals surface area (Å²) in [5.74, 6) is -0.501. The topological polar surface area (TPSA) is 93.8 Å². The Bertz CT molecular complexity index is 1290. The minimum Gasteiger partial charge on any atom is -0.351 e. The Balaban J connectivity index is 1.29. The molecule has 1 aliphatic carbocycles. The van der Waals surface area contributed by atoms with Gasteiger partial charge in [0, 0.05) is 35.1 Å². The molecular weight excluding hydrogens is 598 g/mol. The van der Waals surface area contributed by atoms with Gasteiger partial charge in [-0.2, -0.15) is 0 Å². The maximum absolute atomic E-state index is 13.6. The van der Waals surface area contributed by atoms with Crippen molar-refractivity contribution in [2.24, 2.45) is 5.92 Å². The standard InChI is InChI=1S/C37H54ClN5O3/c1-25(2)23-34(37(46)40-33-12-7-6-11-32(33)29-9-8-10-30(38)24-29)41-35(44)26(3)39-36(45)28-15-13-27(14-16-28)17-22-43(5)31-18-20-42(4)21-19-31/h8-10,13-16,24-26,31-34H,6-7,11-12,17-23H2,1-5H3,(H,39,45)(H,40,46)(H,41,44)/t26-,32-,33?,34-/m0/s1. The van der Waals surface area contributed by atoms with Crippen LogP contribution in [0.15, 0.2) is 48.5 Å². The second-order valence-electron chi connectivity index (χ2n) is 13.9. The van der Waals surface area contributed by atoms with Crippen molar-refractivity contribution >= 4 is 29.3 Å². The highest BCUT2D eigenvalue weighted by atomic mass is 35.5. The number of benzene rings is 2. The number of nitrogens with zero attached hydrogens (tertiary/aromatic N) is 2. The average molecular weight is 652 g/mol. The molecule has 4 atom stereocenters. The summed E-state index contributed by atoms with van der Waals surface area (Å²) < 4.78 is 0. The van der Waals surface area contributed by atoms with Crippen LogP contribution in [0, 0.1) is 5.92 Å². The Labute approximate surface area is 281 Å². The third-order valence-corrected chi connectivity index (χ3v) is 9.97. The van der Waals surface area contributed by atoms with Crippen molar-refractivity contribution in [3.63, 3.8) is 0 Å². The zero-order valence-electron chi connectivity index (χ0n) is 28.4. The summed E-state index contributed by atoms with van der Waals surface area (Å²) in [5, 5.41) is 9.70. The highest BCUT2D eigenvalue weighted by Crippen LogP contribution is 2.34. The van der Waals surface area contributed by atoms with E-state index >= 15 is 0 Å². The molecule has 1 unspecified atom stereocenters. The van der Waals surface area contributed by atoms with E-state index in [0.29, 0.717) is 23.0 Å². The number of carbonyl (C=O) groups is 3. The molecule has 4 rings (SSSR count). The van der Waals surface area contributed by atoms with Crippen LogP contribution >= 0.6 is 11.6 Å². The number of likely N-dealkylation sites (N-methyl/N-ethyl adjacent to an activating group) is 1.